The molecule has 142 valence electrons. The fourth-order valence-electron chi connectivity index (χ4n) is 3.46. The molecule has 1 fully saturated rings. The van der Waals surface area contributed by atoms with Gasteiger partial charge in [-0.05, 0) is 29.5 Å². The summed E-state index contributed by atoms with van der Waals surface area (Å²) in [5, 5.41) is 3.32. The van der Waals surface area contributed by atoms with E-state index in [1.165, 1.54) is 16.5 Å². The van der Waals surface area contributed by atoms with Gasteiger partial charge in [-0.25, -0.2) is 13.4 Å². The number of hydrogen-bond acceptors (Lipinski definition) is 5. The van der Waals surface area contributed by atoms with Gasteiger partial charge in [0.1, 0.15) is 5.82 Å². The minimum absolute atomic E-state index is 0.203. The van der Waals surface area contributed by atoms with Crippen molar-refractivity contribution in [3.8, 4) is 0 Å². The fraction of sp³-hybridized carbons (Fsp3) is 0.421. The number of sulfonamides is 1. The molecule has 0 amide bonds. The van der Waals surface area contributed by atoms with Crippen LogP contribution in [0.4, 0.5) is 10.2 Å². The zero-order valence-electron chi connectivity index (χ0n) is 14.9. The van der Waals surface area contributed by atoms with Crippen LogP contribution in [0.25, 0.3) is 0 Å². The van der Waals surface area contributed by atoms with Crippen molar-refractivity contribution < 1.29 is 12.8 Å². The van der Waals surface area contributed by atoms with E-state index < -0.39 is 15.9 Å². The number of hydrogen-bond donors (Lipinski definition) is 1. The highest BCUT2D eigenvalue weighted by Gasteiger charge is 2.28. The Labute approximate surface area is 158 Å². The summed E-state index contributed by atoms with van der Waals surface area (Å²) in [6.45, 7) is 4.47. The summed E-state index contributed by atoms with van der Waals surface area (Å²) in [6.07, 6.45) is 3.23. The Balaban J connectivity index is 1.49. The van der Waals surface area contributed by atoms with Gasteiger partial charge in [0.05, 0.1) is 5.75 Å². The standard InChI is InChI=1S/C19H21FN4O2S/c20-17-4-1-15(2-5-17)14-27(25,26)24-10-7-18-16(13-24)3-6-19(22-18)23-11-8-21-9-12-23/h1,3-4,6,21H,7-14H2. The summed E-state index contributed by atoms with van der Waals surface area (Å²) in [5.41, 5.74) is 7.18. The predicted molar refractivity (Wildman–Crippen MR) is 102 cm³/mol. The zero-order chi connectivity index (χ0) is 18.9. The molecule has 3 aliphatic rings. The lowest BCUT2D eigenvalue weighted by molar-refractivity contribution is 0.389. The molecule has 1 N–H and O–H groups in total. The number of fused-ring (bicyclic) bond motifs is 1. The van der Waals surface area contributed by atoms with Gasteiger partial charge in [0.2, 0.25) is 10.0 Å². The van der Waals surface area contributed by atoms with Crippen LogP contribution in [0.2, 0.25) is 0 Å². The number of anilines is 1. The van der Waals surface area contributed by atoms with Crippen LogP contribution in [-0.4, -0.2) is 56.2 Å². The monoisotopic (exact) mass is 388 g/mol. The highest BCUT2D eigenvalue weighted by molar-refractivity contribution is 7.89. The van der Waals surface area contributed by atoms with E-state index in [9.17, 15) is 12.8 Å². The van der Waals surface area contributed by atoms with Gasteiger partial charge in [0.15, 0.2) is 5.83 Å². The van der Waals surface area contributed by atoms with Gasteiger partial charge in [-0.2, -0.15) is 8.70 Å². The number of piperazine rings is 1. The summed E-state index contributed by atoms with van der Waals surface area (Å²) in [6, 6.07) is 3.96. The van der Waals surface area contributed by atoms with E-state index in [4.69, 9.17) is 4.98 Å². The molecule has 4 rings (SSSR count). The second kappa shape index (κ2) is 7.43. The lowest BCUT2D eigenvalue weighted by atomic mass is 10.1. The topological polar surface area (TPSA) is 65.5 Å². The number of rotatable bonds is 4. The predicted octanol–water partition coefficient (Wildman–Crippen LogP) is 1.28. The van der Waals surface area contributed by atoms with E-state index in [0.717, 1.165) is 43.3 Å². The van der Waals surface area contributed by atoms with E-state index in [2.05, 4.69) is 21.7 Å². The fourth-order valence-corrected chi connectivity index (χ4v) is 4.90. The molecule has 1 aliphatic carbocycles. The van der Waals surface area contributed by atoms with Gasteiger partial charge in [0.25, 0.3) is 0 Å². The van der Waals surface area contributed by atoms with Crippen LogP contribution < -0.4 is 10.2 Å². The largest absolute Gasteiger partial charge is 0.354 e. The van der Waals surface area contributed by atoms with Crippen LogP contribution in [0.3, 0.4) is 0 Å². The quantitative estimate of drug-likeness (QED) is 0.788. The minimum atomic E-state index is -3.51. The van der Waals surface area contributed by atoms with E-state index in [-0.39, 0.29) is 5.75 Å². The third-order valence-electron chi connectivity index (χ3n) is 4.94. The maximum Gasteiger partial charge on any atom is 0.219 e. The van der Waals surface area contributed by atoms with Gasteiger partial charge >= 0.3 is 0 Å². The number of aromatic nitrogens is 1. The van der Waals surface area contributed by atoms with E-state index in [0.29, 0.717) is 25.1 Å². The molecule has 8 heteroatoms. The molecule has 0 saturated carbocycles. The van der Waals surface area contributed by atoms with Crippen LogP contribution >= 0.6 is 0 Å². The Morgan fingerprint density at radius 1 is 1.15 bits per heavy atom. The SMILES string of the molecule is O=S(=O)(CC1=C=C=C(F)C=C1)N1CCc2nc(N3CCNCC3)ccc2C1. The third-order valence-corrected chi connectivity index (χ3v) is 6.72. The molecule has 2 aliphatic heterocycles. The first kappa shape index (κ1) is 18.2. The summed E-state index contributed by atoms with van der Waals surface area (Å²) < 4.78 is 39.9. The van der Waals surface area contributed by atoms with E-state index in [1.54, 1.807) is 0 Å². The summed E-state index contributed by atoms with van der Waals surface area (Å²) >= 11 is 0. The molecule has 0 spiro atoms. The minimum Gasteiger partial charge on any atom is -0.354 e. The van der Waals surface area contributed by atoms with Crippen LogP contribution in [-0.2, 0) is 23.0 Å². The second-order valence-corrected chi connectivity index (χ2v) is 8.78. The van der Waals surface area contributed by atoms with Crippen LogP contribution in [0.15, 0.2) is 47.1 Å². The van der Waals surface area contributed by atoms with Crippen LogP contribution in [0.5, 0.6) is 0 Å². The Hall–Kier alpha value is -2.21. The molecule has 0 unspecified atom stereocenters. The number of allylic oxidation sites excluding steroid dienone is 3. The van der Waals surface area contributed by atoms with Gasteiger partial charge < -0.3 is 10.2 Å². The molecule has 1 aromatic heterocycles. The first-order valence-corrected chi connectivity index (χ1v) is 10.6. The average molecular weight is 388 g/mol. The smallest absolute Gasteiger partial charge is 0.219 e. The number of pyridine rings is 1. The van der Waals surface area contributed by atoms with Crippen molar-refractivity contribution in [2.75, 3.05) is 43.4 Å². The second-order valence-electron chi connectivity index (χ2n) is 6.81. The van der Waals surface area contributed by atoms with Gasteiger partial charge in [-0.1, -0.05) is 11.8 Å². The third kappa shape index (κ3) is 4.05. The summed E-state index contributed by atoms with van der Waals surface area (Å²) in [5.74, 6) is 0.211. The molecule has 0 atom stereocenters. The summed E-state index contributed by atoms with van der Waals surface area (Å²) in [7, 11) is -3.51. The Bertz CT molecular complexity index is 983. The molecule has 1 aromatic rings. The Morgan fingerprint density at radius 2 is 1.96 bits per heavy atom. The molecule has 0 bridgehead atoms. The molecule has 0 radical (unpaired) electrons. The van der Waals surface area contributed by atoms with Crippen molar-refractivity contribution in [1.29, 1.82) is 0 Å². The van der Waals surface area contributed by atoms with Crippen LogP contribution in [0.1, 0.15) is 11.3 Å². The average Bonchev–Trinajstić information content (AvgIpc) is 2.69. The lowest BCUT2D eigenvalue weighted by Gasteiger charge is -2.31. The zero-order valence-corrected chi connectivity index (χ0v) is 15.7. The maximum atomic E-state index is 12.9. The molecular weight excluding hydrogens is 367 g/mol. The molecule has 0 aromatic carbocycles. The maximum absolute atomic E-state index is 12.9. The Morgan fingerprint density at radius 3 is 2.70 bits per heavy atom. The van der Waals surface area contributed by atoms with Gasteiger partial charge in [-0.3, -0.25) is 0 Å². The van der Waals surface area contributed by atoms with Crippen molar-refractivity contribution >= 4 is 15.8 Å². The molecule has 6 nitrogen and oxygen atoms in total. The highest BCUT2D eigenvalue weighted by Crippen LogP contribution is 2.24. The van der Waals surface area contributed by atoms with Crippen molar-refractivity contribution in [1.82, 2.24) is 14.6 Å². The normalized spacial score (nSPS) is 20.3. The highest BCUT2D eigenvalue weighted by atomic mass is 32.2. The van der Waals surface area contributed by atoms with Crippen molar-refractivity contribution in [3.05, 3.63) is 58.4 Å². The Kier molecular flexibility index (Phi) is 5.00. The van der Waals surface area contributed by atoms with Crippen molar-refractivity contribution in [2.45, 2.75) is 13.0 Å². The lowest BCUT2D eigenvalue weighted by Crippen LogP contribution is -2.44. The van der Waals surface area contributed by atoms with E-state index in [1.807, 2.05) is 12.1 Å². The van der Waals surface area contributed by atoms with Gasteiger partial charge in [0, 0.05) is 57.0 Å². The molecular formula is C19H21FN4O2S. The summed E-state index contributed by atoms with van der Waals surface area (Å²) in [4.78, 5) is 7.02. The first-order chi connectivity index (χ1) is 13.0. The van der Waals surface area contributed by atoms with Crippen LogP contribution in [0, 0.1) is 0 Å². The van der Waals surface area contributed by atoms with E-state index >= 15 is 0 Å². The van der Waals surface area contributed by atoms with Gasteiger partial charge in [-0.15, -0.1) is 0 Å². The first-order valence-electron chi connectivity index (χ1n) is 9.02. The molecule has 3 heterocycles. The number of nitrogens with zero attached hydrogens (tertiary/aromatic N) is 3. The van der Waals surface area contributed by atoms with Crippen molar-refractivity contribution in [2.24, 2.45) is 0 Å². The van der Waals surface area contributed by atoms with Crippen molar-refractivity contribution in [3.63, 3.8) is 0 Å². The number of nitrogens with one attached hydrogen (secondary N) is 1. The molecule has 1 saturated heterocycles. The molecule has 27 heavy (non-hydrogen) atoms. The number of halogens is 1.